The predicted octanol–water partition coefficient (Wildman–Crippen LogP) is 3.61. The molecule has 2 N–H and O–H groups in total. The second-order valence-electron chi connectivity index (χ2n) is 6.71. The first kappa shape index (κ1) is 17.3. The molecule has 1 fully saturated rings. The molecule has 1 unspecified atom stereocenters. The molecular weight excluding hydrogens is 343 g/mol. The molecule has 6 heteroatoms. The Balaban J connectivity index is 1.39. The van der Waals surface area contributed by atoms with Gasteiger partial charge in [-0.2, -0.15) is 5.10 Å². The Kier molecular flexibility index (Phi) is 4.87. The Hall–Kier alpha value is -3.15. The van der Waals surface area contributed by atoms with E-state index in [4.69, 9.17) is 0 Å². The van der Waals surface area contributed by atoms with E-state index in [1.165, 1.54) is 17.8 Å². The Morgan fingerprint density at radius 3 is 2.74 bits per heavy atom. The summed E-state index contributed by atoms with van der Waals surface area (Å²) in [6.45, 7) is 1.59. The minimum atomic E-state index is -0.299. The lowest BCUT2D eigenvalue weighted by atomic mass is 10.1. The second-order valence-corrected chi connectivity index (χ2v) is 6.71. The summed E-state index contributed by atoms with van der Waals surface area (Å²) in [6.07, 6.45) is 2.17. The summed E-state index contributed by atoms with van der Waals surface area (Å²) >= 11 is 0. The van der Waals surface area contributed by atoms with Gasteiger partial charge in [0.05, 0.1) is 5.69 Å². The van der Waals surface area contributed by atoms with Gasteiger partial charge in [-0.3, -0.25) is 9.89 Å². The average molecular weight is 364 g/mol. The van der Waals surface area contributed by atoms with Gasteiger partial charge in [0.25, 0.3) is 5.91 Å². The van der Waals surface area contributed by atoms with Crippen LogP contribution in [0.25, 0.3) is 11.3 Å². The number of halogens is 1. The van der Waals surface area contributed by atoms with Gasteiger partial charge in [-0.05, 0) is 55.3 Å². The van der Waals surface area contributed by atoms with Crippen LogP contribution in [0, 0.1) is 5.82 Å². The zero-order valence-corrected chi connectivity index (χ0v) is 14.9. The van der Waals surface area contributed by atoms with E-state index in [9.17, 15) is 9.18 Å². The van der Waals surface area contributed by atoms with Crippen molar-refractivity contribution in [3.8, 4) is 11.3 Å². The van der Waals surface area contributed by atoms with E-state index in [2.05, 4.69) is 32.5 Å². The third-order valence-corrected chi connectivity index (χ3v) is 4.93. The fourth-order valence-electron chi connectivity index (χ4n) is 3.52. The van der Waals surface area contributed by atoms with Gasteiger partial charge in [0.2, 0.25) is 0 Å². The Bertz CT molecular complexity index is 907. The first-order valence-electron chi connectivity index (χ1n) is 9.12. The van der Waals surface area contributed by atoms with Gasteiger partial charge in [-0.15, -0.1) is 0 Å². The summed E-state index contributed by atoms with van der Waals surface area (Å²) in [5.74, 6) is -0.484. The lowest BCUT2D eigenvalue weighted by Gasteiger charge is -2.27. The van der Waals surface area contributed by atoms with Gasteiger partial charge < -0.3 is 10.2 Å². The smallest absolute Gasteiger partial charge is 0.269 e. The van der Waals surface area contributed by atoms with Crippen molar-refractivity contribution in [1.29, 1.82) is 0 Å². The van der Waals surface area contributed by atoms with Crippen molar-refractivity contribution in [1.82, 2.24) is 15.5 Å². The molecule has 0 aliphatic carbocycles. The van der Waals surface area contributed by atoms with Gasteiger partial charge in [0.15, 0.2) is 0 Å². The van der Waals surface area contributed by atoms with E-state index in [0.29, 0.717) is 17.9 Å². The van der Waals surface area contributed by atoms with E-state index >= 15 is 0 Å². The Morgan fingerprint density at radius 2 is 1.96 bits per heavy atom. The number of aromatic nitrogens is 2. The number of benzene rings is 2. The van der Waals surface area contributed by atoms with Crippen LogP contribution in [0.5, 0.6) is 0 Å². The number of H-pyrrole nitrogens is 1. The van der Waals surface area contributed by atoms with Crippen LogP contribution < -0.4 is 10.2 Å². The molecule has 0 radical (unpaired) electrons. The predicted molar refractivity (Wildman–Crippen MR) is 103 cm³/mol. The maximum atomic E-state index is 13.0. The highest BCUT2D eigenvalue weighted by molar-refractivity contribution is 5.93. The molecule has 0 spiro atoms. The van der Waals surface area contributed by atoms with Gasteiger partial charge >= 0.3 is 0 Å². The largest absolute Gasteiger partial charge is 0.367 e. The van der Waals surface area contributed by atoms with Crippen LogP contribution in [0.3, 0.4) is 0 Å². The number of hydrogen-bond donors (Lipinski definition) is 2. The molecule has 0 bridgehead atoms. The molecule has 3 aromatic rings. The van der Waals surface area contributed by atoms with E-state index in [1.807, 2.05) is 18.2 Å². The summed E-state index contributed by atoms with van der Waals surface area (Å²) in [7, 11) is 0. The maximum Gasteiger partial charge on any atom is 0.269 e. The molecule has 1 aliphatic rings. The van der Waals surface area contributed by atoms with Gasteiger partial charge in [0, 0.05) is 30.4 Å². The third kappa shape index (κ3) is 3.84. The van der Waals surface area contributed by atoms with Crippen LogP contribution in [0.4, 0.5) is 10.1 Å². The molecule has 1 saturated heterocycles. The van der Waals surface area contributed by atoms with Crippen LogP contribution in [-0.2, 0) is 0 Å². The van der Waals surface area contributed by atoms with Crippen molar-refractivity contribution in [2.24, 2.45) is 0 Å². The highest BCUT2D eigenvalue weighted by Gasteiger charge is 2.25. The van der Waals surface area contributed by atoms with Crippen LogP contribution in [0.15, 0.2) is 60.7 Å². The monoisotopic (exact) mass is 364 g/mol. The summed E-state index contributed by atoms with van der Waals surface area (Å²) in [6, 6.07) is 18.3. The zero-order valence-electron chi connectivity index (χ0n) is 14.9. The Labute approximate surface area is 157 Å². The molecule has 1 atom stereocenters. The molecule has 1 amide bonds. The minimum absolute atomic E-state index is 0.184. The van der Waals surface area contributed by atoms with Gasteiger partial charge in [0.1, 0.15) is 11.5 Å². The molecular formula is C21H21FN4O. The van der Waals surface area contributed by atoms with Crippen molar-refractivity contribution in [3.63, 3.8) is 0 Å². The third-order valence-electron chi connectivity index (χ3n) is 4.93. The molecule has 138 valence electrons. The maximum absolute atomic E-state index is 13.0. The highest BCUT2D eigenvalue weighted by atomic mass is 19.1. The number of rotatable bonds is 5. The lowest BCUT2D eigenvalue weighted by Crippen LogP contribution is -2.40. The molecule has 0 saturated carbocycles. The summed E-state index contributed by atoms with van der Waals surface area (Å²) < 4.78 is 13.0. The number of amides is 1. The second kappa shape index (κ2) is 7.61. The normalized spacial score (nSPS) is 16.5. The van der Waals surface area contributed by atoms with Crippen LogP contribution in [0.1, 0.15) is 23.3 Å². The van der Waals surface area contributed by atoms with Gasteiger partial charge in [-0.25, -0.2) is 4.39 Å². The minimum Gasteiger partial charge on any atom is -0.367 e. The summed E-state index contributed by atoms with van der Waals surface area (Å²) in [5.41, 5.74) is 2.97. The average Bonchev–Trinajstić information content (AvgIpc) is 3.37. The van der Waals surface area contributed by atoms with Crippen molar-refractivity contribution < 1.29 is 9.18 Å². The van der Waals surface area contributed by atoms with Crippen LogP contribution >= 0.6 is 0 Å². The molecule has 1 aliphatic heterocycles. The highest BCUT2D eigenvalue weighted by Crippen LogP contribution is 2.25. The number of nitrogens with one attached hydrogen (secondary N) is 2. The quantitative estimate of drug-likeness (QED) is 0.727. The van der Waals surface area contributed by atoms with Crippen molar-refractivity contribution in [2.45, 2.75) is 18.9 Å². The van der Waals surface area contributed by atoms with E-state index in [1.54, 1.807) is 18.2 Å². The van der Waals surface area contributed by atoms with Crippen LogP contribution in [-0.4, -0.2) is 35.2 Å². The number of carbonyl (C=O) groups is 1. The fourth-order valence-corrected chi connectivity index (χ4v) is 3.52. The summed E-state index contributed by atoms with van der Waals surface area (Å²) in [5, 5.41) is 9.93. The first-order chi connectivity index (χ1) is 13.2. The lowest BCUT2D eigenvalue weighted by molar-refractivity contribution is 0.0946. The standard InChI is InChI=1S/C21H21FN4O/c22-16-10-8-15(9-11-16)19-13-20(25-24-19)21(27)23-14-18-7-4-12-26(18)17-5-2-1-3-6-17/h1-3,5-6,8-11,13,18H,4,7,12,14H2,(H,23,27)(H,24,25). The van der Waals surface area contributed by atoms with Crippen LogP contribution in [0.2, 0.25) is 0 Å². The van der Waals surface area contributed by atoms with E-state index in [0.717, 1.165) is 24.9 Å². The molecule has 2 heterocycles. The fraction of sp³-hybridized carbons (Fsp3) is 0.238. The molecule has 1 aromatic heterocycles. The number of para-hydroxylation sites is 1. The van der Waals surface area contributed by atoms with Gasteiger partial charge in [-0.1, -0.05) is 18.2 Å². The van der Waals surface area contributed by atoms with E-state index in [-0.39, 0.29) is 17.8 Å². The SMILES string of the molecule is O=C(NCC1CCCN1c1ccccc1)c1cc(-c2ccc(F)cc2)n[nH]1. The van der Waals surface area contributed by atoms with Crippen molar-refractivity contribution >= 4 is 11.6 Å². The summed E-state index contributed by atoms with van der Waals surface area (Å²) in [4.78, 5) is 14.8. The number of hydrogen-bond acceptors (Lipinski definition) is 3. The Morgan fingerprint density at radius 1 is 1.19 bits per heavy atom. The number of carbonyl (C=O) groups excluding carboxylic acids is 1. The van der Waals surface area contributed by atoms with Crippen molar-refractivity contribution in [2.75, 3.05) is 18.0 Å². The number of aromatic amines is 1. The number of nitrogens with zero attached hydrogens (tertiary/aromatic N) is 2. The van der Waals surface area contributed by atoms with E-state index < -0.39 is 0 Å². The molecule has 2 aromatic carbocycles. The zero-order chi connectivity index (χ0) is 18.6. The molecule has 4 rings (SSSR count). The topological polar surface area (TPSA) is 61.0 Å². The van der Waals surface area contributed by atoms with Crippen molar-refractivity contribution in [3.05, 3.63) is 72.2 Å². The molecule has 5 nitrogen and oxygen atoms in total. The first-order valence-corrected chi connectivity index (χ1v) is 9.12. The number of anilines is 1. The molecule has 27 heavy (non-hydrogen) atoms.